The van der Waals surface area contributed by atoms with Crippen molar-refractivity contribution in [2.24, 2.45) is 11.7 Å². The molecule has 3 rings (SSSR count). The summed E-state index contributed by atoms with van der Waals surface area (Å²) in [6, 6.07) is 5.66. The van der Waals surface area contributed by atoms with Gasteiger partial charge >= 0.3 is 6.09 Å². The molecule has 1 aliphatic heterocycles. The summed E-state index contributed by atoms with van der Waals surface area (Å²) in [7, 11) is 1.67. The second kappa shape index (κ2) is 7.83. The molecule has 1 fully saturated rings. The topological polar surface area (TPSA) is 97.6 Å². The average molecular weight is 387 g/mol. The van der Waals surface area contributed by atoms with E-state index in [0.717, 1.165) is 22.9 Å². The molecule has 7 nitrogen and oxygen atoms in total. The lowest BCUT2D eigenvalue weighted by atomic mass is 9.83. The van der Waals surface area contributed by atoms with Crippen LogP contribution in [-0.2, 0) is 9.47 Å². The first-order chi connectivity index (χ1) is 13.2. The summed E-state index contributed by atoms with van der Waals surface area (Å²) >= 11 is 0. The van der Waals surface area contributed by atoms with Crippen LogP contribution in [0.1, 0.15) is 49.0 Å². The molecule has 0 spiro atoms. The Morgan fingerprint density at radius 2 is 2.00 bits per heavy atom. The van der Waals surface area contributed by atoms with Crippen molar-refractivity contribution < 1.29 is 19.1 Å². The largest absolute Gasteiger partial charge is 0.444 e. The number of ether oxygens (including phenoxy) is 2. The van der Waals surface area contributed by atoms with E-state index in [9.17, 15) is 9.59 Å². The second-order valence-electron chi connectivity index (χ2n) is 8.47. The van der Waals surface area contributed by atoms with Crippen LogP contribution >= 0.6 is 0 Å². The van der Waals surface area contributed by atoms with Gasteiger partial charge in [-0.05, 0) is 44.9 Å². The molecule has 1 aromatic heterocycles. The predicted octanol–water partition coefficient (Wildman–Crippen LogP) is 3.25. The number of primary amides is 1. The van der Waals surface area contributed by atoms with Crippen LogP contribution in [0.3, 0.4) is 0 Å². The number of benzene rings is 1. The number of methoxy groups -OCH3 is 1. The quantitative estimate of drug-likeness (QED) is 0.841. The van der Waals surface area contributed by atoms with Crippen LogP contribution in [0.25, 0.3) is 10.9 Å². The zero-order chi connectivity index (χ0) is 20.5. The third-order valence-electron chi connectivity index (χ3n) is 5.05. The predicted molar refractivity (Wildman–Crippen MR) is 107 cm³/mol. The van der Waals surface area contributed by atoms with Crippen LogP contribution in [0.4, 0.5) is 4.79 Å². The highest BCUT2D eigenvalue weighted by atomic mass is 16.6. The first kappa shape index (κ1) is 20.2. The minimum atomic E-state index is -0.544. The molecule has 0 bridgehead atoms. The Balaban J connectivity index is 1.93. The molecule has 0 radical (unpaired) electrons. The third kappa shape index (κ3) is 4.30. The molecule has 0 saturated carbocycles. The van der Waals surface area contributed by atoms with Crippen LogP contribution in [0.15, 0.2) is 24.4 Å². The number of amides is 2. The number of aromatic amines is 1. The van der Waals surface area contributed by atoms with E-state index in [-0.39, 0.29) is 17.9 Å². The summed E-state index contributed by atoms with van der Waals surface area (Å²) in [5.74, 6) is -0.141. The van der Waals surface area contributed by atoms with E-state index in [1.165, 1.54) is 0 Å². The Hall–Kier alpha value is -2.54. The third-order valence-corrected chi connectivity index (χ3v) is 5.05. The Kier molecular flexibility index (Phi) is 5.65. The van der Waals surface area contributed by atoms with Gasteiger partial charge < -0.3 is 25.1 Å². The van der Waals surface area contributed by atoms with E-state index in [1.54, 1.807) is 18.1 Å². The maximum atomic E-state index is 12.7. The Morgan fingerprint density at radius 3 is 2.64 bits per heavy atom. The van der Waals surface area contributed by atoms with Crippen molar-refractivity contribution in [1.29, 1.82) is 0 Å². The van der Waals surface area contributed by atoms with Crippen molar-refractivity contribution >= 4 is 22.9 Å². The number of nitrogens with zero attached hydrogens (tertiary/aromatic N) is 1. The van der Waals surface area contributed by atoms with Crippen LogP contribution < -0.4 is 5.73 Å². The number of piperidine rings is 1. The first-order valence-corrected chi connectivity index (χ1v) is 9.56. The van der Waals surface area contributed by atoms with Gasteiger partial charge in [-0.1, -0.05) is 6.07 Å². The van der Waals surface area contributed by atoms with Gasteiger partial charge in [0.1, 0.15) is 5.60 Å². The molecular weight excluding hydrogens is 358 g/mol. The Morgan fingerprint density at radius 1 is 1.25 bits per heavy atom. The van der Waals surface area contributed by atoms with Crippen molar-refractivity contribution in [3.63, 3.8) is 0 Å². The molecule has 0 aliphatic carbocycles. The van der Waals surface area contributed by atoms with Gasteiger partial charge in [0.15, 0.2) is 0 Å². The first-order valence-electron chi connectivity index (χ1n) is 9.56. The smallest absolute Gasteiger partial charge is 0.410 e. The number of H-pyrrole nitrogens is 1. The molecule has 152 valence electrons. The summed E-state index contributed by atoms with van der Waals surface area (Å²) in [5.41, 5.74) is 7.26. The molecule has 1 aliphatic rings. The van der Waals surface area contributed by atoms with Gasteiger partial charge in [-0.3, -0.25) is 4.79 Å². The number of hydrogen-bond donors (Lipinski definition) is 2. The molecule has 7 heteroatoms. The summed E-state index contributed by atoms with van der Waals surface area (Å²) in [6.07, 6.45) is 2.39. The van der Waals surface area contributed by atoms with Gasteiger partial charge in [0.05, 0.1) is 17.7 Å². The maximum absolute atomic E-state index is 12.7. The molecule has 2 amide bonds. The monoisotopic (exact) mass is 387 g/mol. The molecule has 2 unspecified atom stereocenters. The summed E-state index contributed by atoms with van der Waals surface area (Å²) in [4.78, 5) is 29.3. The number of aromatic nitrogens is 1. The number of fused-ring (bicyclic) bond motifs is 1. The fraction of sp³-hybridized carbons (Fsp3) is 0.524. The summed E-state index contributed by atoms with van der Waals surface area (Å²) in [6.45, 7) is 7.34. The van der Waals surface area contributed by atoms with Crippen molar-refractivity contribution in [1.82, 2.24) is 9.88 Å². The lowest BCUT2D eigenvalue weighted by molar-refractivity contribution is 0.00783. The van der Waals surface area contributed by atoms with E-state index in [4.69, 9.17) is 15.2 Å². The number of nitrogens with two attached hydrogens (primary N) is 1. The van der Waals surface area contributed by atoms with Crippen molar-refractivity contribution in [2.45, 2.75) is 38.7 Å². The number of carbonyl (C=O) groups is 2. The Labute approximate surface area is 165 Å². The highest BCUT2D eigenvalue weighted by Crippen LogP contribution is 2.36. The second-order valence-corrected chi connectivity index (χ2v) is 8.47. The number of nitrogens with one attached hydrogen (secondary N) is 1. The fourth-order valence-corrected chi connectivity index (χ4v) is 4.00. The van der Waals surface area contributed by atoms with Gasteiger partial charge in [-0.25, -0.2) is 4.79 Å². The lowest BCUT2D eigenvalue weighted by Gasteiger charge is -2.38. The standard InChI is InChI=1S/C21H29N3O4/c1-21(2,3)28-20(26)24-10-13(12-27-4)9-14(11-24)15-5-6-17(19(22)25)18-16(15)7-8-23-18/h5-8,13-14,23H,9-12H2,1-4H3,(H2,22,25). The molecule has 28 heavy (non-hydrogen) atoms. The van der Waals surface area contributed by atoms with Crippen molar-refractivity contribution in [2.75, 3.05) is 26.8 Å². The van der Waals surface area contributed by atoms with Gasteiger partial charge in [-0.15, -0.1) is 0 Å². The molecule has 1 aromatic carbocycles. The summed E-state index contributed by atoms with van der Waals surface area (Å²) in [5, 5.41) is 0.962. The average Bonchev–Trinajstić information content (AvgIpc) is 3.08. The Bertz CT molecular complexity index is 868. The van der Waals surface area contributed by atoms with Crippen molar-refractivity contribution in [3.05, 3.63) is 35.5 Å². The molecule has 2 aromatic rings. The number of likely N-dealkylation sites (tertiary alicyclic amines) is 1. The summed E-state index contributed by atoms with van der Waals surface area (Å²) < 4.78 is 11.0. The zero-order valence-electron chi connectivity index (χ0n) is 17.0. The van der Waals surface area contributed by atoms with Crippen molar-refractivity contribution in [3.8, 4) is 0 Å². The molecule has 1 saturated heterocycles. The van der Waals surface area contributed by atoms with Gasteiger partial charge in [0.25, 0.3) is 5.91 Å². The van der Waals surface area contributed by atoms with Gasteiger partial charge in [0, 0.05) is 43.6 Å². The van der Waals surface area contributed by atoms with Crippen LogP contribution in [0.5, 0.6) is 0 Å². The number of hydrogen-bond acceptors (Lipinski definition) is 4. The van der Waals surface area contributed by atoms with Crippen LogP contribution in [0, 0.1) is 5.92 Å². The minimum Gasteiger partial charge on any atom is -0.444 e. The highest BCUT2D eigenvalue weighted by Gasteiger charge is 2.34. The van der Waals surface area contributed by atoms with Gasteiger partial charge in [-0.2, -0.15) is 0 Å². The molecule has 2 atom stereocenters. The van der Waals surface area contributed by atoms with E-state index in [1.807, 2.05) is 39.1 Å². The van der Waals surface area contributed by atoms with E-state index < -0.39 is 11.5 Å². The number of carbonyl (C=O) groups excluding carboxylic acids is 2. The molecular formula is C21H29N3O4. The van der Waals surface area contributed by atoms with Crippen LogP contribution in [0.2, 0.25) is 0 Å². The maximum Gasteiger partial charge on any atom is 0.410 e. The van der Waals surface area contributed by atoms with Crippen LogP contribution in [-0.4, -0.2) is 54.3 Å². The fourth-order valence-electron chi connectivity index (χ4n) is 4.00. The number of rotatable bonds is 4. The van der Waals surface area contributed by atoms with E-state index in [2.05, 4.69) is 4.98 Å². The van der Waals surface area contributed by atoms with Gasteiger partial charge in [0.2, 0.25) is 0 Å². The van der Waals surface area contributed by atoms with E-state index in [0.29, 0.717) is 25.3 Å². The molecule has 2 heterocycles. The normalized spacial score (nSPS) is 20.4. The SMILES string of the molecule is COCC1CC(c2ccc(C(N)=O)c3[nH]ccc23)CN(C(=O)OC(C)(C)C)C1. The molecule has 3 N–H and O–H groups in total. The minimum absolute atomic E-state index is 0.113. The lowest BCUT2D eigenvalue weighted by Crippen LogP contribution is -2.46. The zero-order valence-corrected chi connectivity index (χ0v) is 17.0. The highest BCUT2D eigenvalue weighted by molar-refractivity contribution is 6.05. The van der Waals surface area contributed by atoms with E-state index >= 15 is 0 Å².